The number of unbranched alkanes of at least 4 members (excludes halogenated alkanes) is 2. The zero-order valence-electron chi connectivity index (χ0n) is 18.0. The van der Waals surface area contributed by atoms with Crippen LogP contribution in [0.5, 0.6) is 5.75 Å². The average molecular weight is 429 g/mol. The number of anilines is 1. The second kappa shape index (κ2) is 8.35. The van der Waals surface area contributed by atoms with Gasteiger partial charge in [0.15, 0.2) is 5.13 Å². The van der Waals surface area contributed by atoms with Gasteiger partial charge in [0.1, 0.15) is 5.75 Å². The predicted octanol–water partition coefficient (Wildman–Crippen LogP) is 4.56. The highest BCUT2D eigenvalue weighted by Crippen LogP contribution is 2.39. The number of urea groups is 1. The molecule has 4 heterocycles. The Hall–Kier alpha value is -1.86. The molecular formula is C23H32N4O2S. The lowest BCUT2D eigenvalue weighted by Gasteiger charge is -2.40. The van der Waals surface area contributed by atoms with E-state index in [1.807, 2.05) is 11.0 Å². The maximum atomic E-state index is 12.9. The normalized spacial score (nSPS) is 24.6. The van der Waals surface area contributed by atoms with Crippen LogP contribution in [0.4, 0.5) is 9.93 Å². The van der Waals surface area contributed by atoms with E-state index in [1.165, 1.54) is 37.7 Å². The standard InChI is InChI=1S/C23H32N4O2S/c1-3-5-6-7-15(4-2)26-12-10-17-18(14-26)27(22(28)24-17)23-25-21-16-11-13-29-19(16)8-9-20(21)30-23/h8-9,15,17-18H,3-7,10-14H2,1-2H3,(H,24,28)/t15?,17-,18-/m0/s1. The van der Waals surface area contributed by atoms with Crippen LogP contribution in [0.1, 0.15) is 57.9 Å². The third kappa shape index (κ3) is 3.46. The van der Waals surface area contributed by atoms with Crippen molar-refractivity contribution in [1.82, 2.24) is 15.2 Å². The molecule has 3 atom stereocenters. The van der Waals surface area contributed by atoms with E-state index >= 15 is 0 Å². The van der Waals surface area contributed by atoms with Crippen molar-refractivity contribution in [3.05, 3.63) is 17.7 Å². The van der Waals surface area contributed by atoms with Crippen molar-refractivity contribution >= 4 is 32.7 Å². The molecule has 2 fully saturated rings. The number of nitrogens with zero attached hydrogens (tertiary/aromatic N) is 3. The predicted molar refractivity (Wildman–Crippen MR) is 122 cm³/mol. The summed E-state index contributed by atoms with van der Waals surface area (Å²) in [4.78, 5) is 22.5. The van der Waals surface area contributed by atoms with Crippen LogP contribution in [0.25, 0.3) is 10.2 Å². The summed E-state index contributed by atoms with van der Waals surface area (Å²) in [6.07, 6.45) is 8.22. The van der Waals surface area contributed by atoms with Crippen LogP contribution in [0.15, 0.2) is 12.1 Å². The second-order valence-electron chi connectivity index (χ2n) is 8.82. The summed E-state index contributed by atoms with van der Waals surface area (Å²) in [6.45, 7) is 7.30. The number of likely N-dealkylation sites (tertiary alicyclic amines) is 1. The second-order valence-corrected chi connectivity index (χ2v) is 9.83. The highest BCUT2D eigenvalue weighted by atomic mass is 32.1. The van der Waals surface area contributed by atoms with Gasteiger partial charge in [-0.15, -0.1) is 0 Å². The maximum absolute atomic E-state index is 12.9. The SMILES string of the molecule is CCCCCC(CC)N1CC[C@@H]2NC(=O)N(c3nc4c5c(ccc4s3)OCC5)[C@H]2C1. The van der Waals surface area contributed by atoms with Gasteiger partial charge in [-0.25, -0.2) is 9.78 Å². The van der Waals surface area contributed by atoms with Gasteiger partial charge in [-0.3, -0.25) is 9.80 Å². The summed E-state index contributed by atoms with van der Waals surface area (Å²) < 4.78 is 6.85. The highest BCUT2D eigenvalue weighted by Gasteiger charge is 2.45. The number of thiazole rings is 1. The van der Waals surface area contributed by atoms with Crippen LogP contribution in [0, 0.1) is 0 Å². The summed E-state index contributed by atoms with van der Waals surface area (Å²) in [5.74, 6) is 0.949. The summed E-state index contributed by atoms with van der Waals surface area (Å²) in [5.41, 5.74) is 2.21. The number of benzene rings is 1. The Labute approximate surface area is 182 Å². The number of nitrogens with one attached hydrogen (secondary N) is 1. The van der Waals surface area contributed by atoms with Crippen LogP contribution in [-0.2, 0) is 6.42 Å². The molecule has 5 rings (SSSR count). The Balaban J connectivity index is 1.39. The molecule has 3 aliphatic rings. The van der Waals surface area contributed by atoms with Crippen LogP contribution in [0.3, 0.4) is 0 Å². The van der Waals surface area contributed by atoms with Crippen molar-refractivity contribution in [2.24, 2.45) is 0 Å². The van der Waals surface area contributed by atoms with Crippen LogP contribution in [-0.4, -0.2) is 53.7 Å². The Morgan fingerprint density at radius 2 is 2.23 bits per heavy atom. The third-order valence-electron chi connectivity index (χ3n) is 7.03. The Morgan fingerprint density at radius 1 is 1.33 bits per heavy atom. The number of ether oxygens (including phenoxy) is 1. The van der Waals surface area contributed by atoms with Gasteiger partial charge in [0.2, 0.25) is 0 Å². The van der Waals surface area contributed by atoms with Crippen LogP contribution >= 0.6 is 11.3 Å². The Kier molecular flexibility index (Phi) is 5.58. The first-order chi connectivity index (χ1) is 14.7. The van der Waals surface area contributed by atoms with E-state index in [1.54, 1.807) is 11.3 Å². The molecule has 3 aliphatic heterocycles. The molecule has 162 valence electrons. The molecule has 30 heavy (non-hydrogen) atoms. The number of piperidine rings is 1. The fraction of sp³-hybridized carbons (Fsp3) is 0.652. The molecule has 6 nitrogen and oxygen atoms in total. The van der Waals surface area contributed by atoms with Gasteiger partial charge in [0.05, 0.1) is 28.9 Å². The summed E-state index contributed by atoms with van der Waals surface area (Å²) in [6, 6.07) is 5.15. The van der Waals surface area contributed by atoms with E-state index in [9.17, 15) is 4.79 Å². The zero-order chi connectivity index (χ0) is 20.7. The van der Waals surface area contributed by atoms with Crippen LogP contribution < -0.4 is 15.0 Å². The first-order valence-corrected chi connectivity index (χ1v) is 12.4. The molecule has 0 radical (unpaired) electrons. The number of carbonyl (C=O) groups excluding carboxylic acids is 1. The molecule has 2 saturated heterocycles. The molecule has 0 saturated carbocycles. The average Bonchev–Trinajstić information content (AvgIpc) is 3.45. The topological polar surface area (TPSA) is 57.7 Å². The van der Waals surface area contributed by atoms with Crippen molar-refractivity contribution in [1.29, 1.82) is 0 Å². The van der Waals surface area contributed by atoms with E-state index in [-0.39, 0.29) is 18.1 Å². The Bertz CT molecular complexity index is 929. The lowest BCUT2D eigenvalue weighted by Crippen LogP contribution is -2.54. The van der Waals surface area contributed by atoms with Crippen molar-refractivity contribution in [3.63, 3.8) is 0 Å². The number of carbonyl (C=O) groups is 1. The van der Waals surface area contributed by atoms with Crippen molar-refractivity contribution in [2.75, 3.05) is 24.6 Å². The maximum Gasteiger partial charge on any atom is 0.324 e. The van der Waals surface area contributed by atoms with Crippen molar-refractivity contribution in [3.8, 4) is 5.75 Å². The molecule has 0 aliphatic carbocycles. The molecule has 0 bridgehead atoms. The molecule has 1 aromatic heterocycles. The van der Waals surface area contributed by atoms with E-state index in [2.05, 4.69) is 30.1 Å². The zero-order valence-corrected chi connectivity index (χ0v) is 18.8. The number of rotatable bonds is 7. The fourth-order valence-corrected chi connectivity index (χ4v) is 6.41. The van der Waals surface area contributed by atoms with E-state index in [4.69, 9.17) is 9.72 Å². The number of fused-ring (bicyclic) bond motifs is 4. The minimum Gasteiger partial charge on any atom is -0.493 e. The smallest absolute Gasteiger partial charge is 0.324 e. The lowest BCUT2D eigenvalue weighted by atomic mass is 9.96. The molecular weight excluding hydrogens is 396 g/mol. The molecule has 2 aromatic rings. The fourth-order valence-electron chi connectivity index (χ4n) is 5.36. The molecule has 1 aromatic carbocycles. The van der Waals surface area contributed by atoms with Crippen molar-refractivity contribution in [2.45, 2.75) is 76.9 Å². The minimum absolute atomic E-state index is 0.0119. The lowest BCUT2D eigenvalue weighted by molar-refractivity contribution is 0.128. The summed E-state index contributed by atoms with van der Waals surface area (Å²) in [5, 5.41) is 4.06. The number of amides is 2. The third-order valence-corrected chi connectivity index (χ3v) is 8.05. The van der Waals surface area contributed by atoms with Gasteiger partial charge in [-0.05, 0) is 31.4 Å². The van der Waals surface area contributed by atoms with Crippen LogP contribution in [0.2, 0.25) is 0 Å². The minimum atomic E-state index is 0.0119. The quantitative estimate of drug-likeness (QED) is 0.657. The number of hydrogen-bond donors (Lipinski definition) is 1. The molecule has 1 unspecified atom stereocenters. The van der Waals surface area contributed by atoms with Gasteiger partial charge < -0.3 is 10.1 Å². The monoisotopic (exact) mass is 428 g/mol. The van der Waals surface area contributed by atoms with E-state index < -0.39 is 0 Å². The summed E-state index contributed by atoms with van der Waals surface area (Å²) >= 11 is 1.63. The first kappa shape index (κ1) is 20.1. The number of hydrogen-bond acceptors (Lipinski definition) is 5. The van der Waals surface area contributed by atoms with Gasteiger partial charge in [-0.1, -0.05) is 44.4 Å². The van der Waals surface area contributed by atoms with E-state index in [0.717, 1.165) is 53.6 Å². The highest BCUT2D eigenvalue weighted by molar-refractivity contribution is 7.22. The van der Waals surface area contributed by atoms with Gasteiger partial charge in [0.25, 0.3) is 0 Å². The van der Waals surface area contributed by atoms with Crippen molar-refractivity contribution < 1.29 is 9.53 Å². The largest absolute Gasteiger partial charge is 0.493 e. The first-order valence-electron chi connectivity index (χ1n) is 11.6. The molecule has 2 amide bonds. The molecule has 0 spiro atoms. The van der Waals surface area contributed by atoms with Gasteiger partial charge in [-0.2, -0.15) is 0 Å². The van der Waals surface area contributed by atoms with Gasteiger partial charge >= 0.3 is 6.03 Å². The Morgan fingerprint density at radius 3 is 3.07 bits per heavy atom. The molecule has 7 heteroatoms. The van der Waals surface area contributed by atoms with E-state index in [0.29, 0.717) is 6.04 Å². The molecule has 1 N–H and O–H groups in total. The van der Waals surface area contributed by atoms with Gasteiger partial charge in [0, 0.05) is 31.1 Å². The number of aromatic nitrogens is 1. The summed E-state index contributed by atoms with van der Waals surface area (Å²) in [7, 11) is 0.